The Morgan fingerprint density at radius 3 is 2.06 bits per heavy atom. The van der Waals surface area contributed by atoms with Gasteiger partial charge in [-0.15, -0.1) is 11.6 Å². The van der Waals surface area contributed by atoms with Crippen molar-refractivity contribution in [2.45, 2.75) is 30.8 Å². The first kappa shape index (κ1) is 16.1. The zero-order valence-corrected chi connectivity index (χ0v) is 9.62. The van der Waals surface area contributed by atoms with Gasteiger partial charge in [-0.1, -0.05) is 0 Å². The van der Waals surface area contributed by atoms with Crippen molar-refractivity contribution in [2.75, 3.05) is 25.7 Å². The normalized spacial score (nSPS) is 19.1. The summed E-state index contributed by atoms with van der Waals surface area (Å²) in [6.07, 6.45) is -3.87. The molecule has 0 amide bonds. The number of ether oxygens (including phenoxy) is 1. The molecule has 16 heavy (non-hydrogen) atoms. The average molecular weight is 259 g/mol. The lowest BCUT2D eigenvalue weighted by Crippen LogP contribution is -2.38. The van der Waals surface area contributed by atoms with E-state index in [1.54, 1.807) is 0 Å². The first-order valence-corrected chi connectivity index (χ1v) is 5.52. The third-order valence-electron chi connectivity index (χ3n) is 2.01. The molecule has 6 nitrogen and oxygen atoms in total. The molecule has 0 bridgehead atoms. The summed E-state index contributed by atoms with van der Waals surface area (Å²) in [6.45, 7) is -1.16. The summed E-state index contributed by atoms with van der Waals surface area (Å²) in [5, 5.41) is 45.0. The SMILES string of the molecule is OCC(O)COC(CC(O)CCl)C(O)CO. The molecule has 0 aliphatic rings. The molecule has 0 aromatic heterocycles. The quantitative estimate of drug-likeness (QED) is 0.308. The molecular formula is C9H19ClO6. The summed E-state index contributed by atoms with van der Waals surface area (Å²) in [5.74, 6) is -0.0133. The predicted octanol–water partition coefficient (Wildman–Crippen LogP) is -1.93. The van der Waals surface area contributed by atoms with Crippen molar-refractivity contribution in [2.24, 2.45) is 0 Å². The molecule has 0 spiro atoms. The fourth-order valence-electron chi connectivity index (χ4n) is 1.07. The van der Waals surface area contributed by atoms with Gasteiger partial charge in [-0.2, -0.15) is 0 Å². The monoisotopic (exact) mass is 258 g/mol. The van der Waals surface area contributed by atoms with Crippen LogP contribution in [0.3, 0.4) is 0 Å². The van der Waals surface area contributed by atoms with Crippen molar-refractivity contribution in [3.8, 4) is 0 Å². The van der Waals surface area contributed by atoms with Crippen LogP contribution in [0.25, 0.3) is 0 Å². The van der Waals surface area contributed by atoms with Crippen molar-refractivity contribution in [1.29, 1.82) is 0 Å². The molecule has 0 fully saturated rings. The smallest absolute Gasteiger partial charge is 0.103 e. The second-order valence-corrected chi connectivity index (χ2v) is 3.81. The molecule has 0 aromatic carbocycles. The molecule has 4 atom stereocenters. The molecule has 0 saturated heterocycles. The Kier molecular flexibility index (Phi) is 9.15. The lowest BCUT2D eigenvalue weighted by atomic mass is 10.1. The van der Waals surface area contributed by atoms with Crippen LogP contribution >= 0.6 is 11.6 Å². The van der Waals surface area contributed by atoms with E-state index < -0.39 is 37.6 Å². The molecule has 0 aromatic rings. The number of aliphatic hydroxyl groups excluding tert-OH is 5. The van der Waals surface area contributed by atoms with Crippen LogP contribution in [0, 0.1) is 0 Å². The highest BCUT2D eigenvalue weighted by molar-refractivity contribution is 6.18. The highest BCUT2D eigenvalue weighted by Crippen LogP contribution is 2.10. The summed E-state index contributed by atoms with van der Waals surface area (Å²) in [4.78, 5) is 0. The first-order valence-electron chi connectivity index (χ1n) is 4.98. The average Bonchev–Trinajstić information content (AvgIpc) is 2.32. The predicted molar refractivity (Wildman–Crippen MR) is 57.3 cm³/mol. The zero-order chi connectivity index (χ0) is 12.6. The Hall–Kier alpha value is 0.0500. The van der Waals surface area contributed by atoms with Gasteiger partial charge in [0, 0.05) is 12.3 Å². The van der Waals surface area contributed by atoms with Gasteiger partial charge < -0.3 is 30.3 Å². The fraction of sp³-hybridized carbons (Fsp3) is 1.00. The molecule has 0 rings (SSSR count). The lowest BCUT2D eigenvalue weighted by molar-refractivity contribution is -0.0994. The first-order chi connectivity index (χ1) is 7.54. The van der Waals surface area contributed by atoms with E-state index in [4.69, 9.17) is 31.7 Å². The summed E-state index contributed by atoms with van der Waals surface area (Å²) in [5.41, 5.74) is 0. The minimum absolute atomic E-state index is 0.0133. The van der Waals surface area contributed by atoms with Gasteiger partial charge in [-0.05, 0) is 0 Å². The van der Waals surface area contributed by atoms with Crippen molar-refractivity contribution < 1.29 is 30.3 Å². The van der Waals surface area contributed by atoms with E-state index in [0.29, 0.717) is 0 Å². The third kappa shape index (κ3) is 6.59. The Morgan fingerprint density at radius 2 is 1.62 bits per heavy atom. The van der Waals surface area contributed by atoms with E-state index in [0.717, 1.165) is 0 Å². The standard InChI is InChI=1S/C9H19ClO6/c10-2-6(13)1-9(8(15)4-12)16-5-7(14)3-11/h6-9,11-15H,1-5H2. The molecule has 0 aliphatic carbocycles. The Bertz CT molecular complexity index is 170. The van der Waals surface area contributed by atoms with E-state index in [-0.39, 0.29) is 18.9 Å². The van der Waals surface area contributed by atoms with Gasteiger partial charge in [0.25, 0.3) is 0 Å². The second kappa shape index (κ2) is 9.12. The van der Waals surface area contributed by atoms with Gasteiger partial charge >= 0.3 is 0 Å². The highest BCUT2D eigenvalue weighted by atomic mass is 35.5. The summed E-state index contributed by atoms with van der Waals surface area (Å²) in [7, 11) is 0. The zero-order valence-electron chi connectivity index (χ0n) is 8.87. The van der Waals surface area contributed by atoms with Crippen LogP contribution in [0.1, 0.15) is 6.42 Å². The topological polar surface area (TPSA) is 110 Å². The number of halogens is 1. The van der Waals surface area contributed by atoms with Crippen molar-refractivity contribution in [3.63, 3.8) is 0 Å². The van der Waals surface area contributed by atoms with Gasteiger partial charge in [0.1, 0.15) is 12.2 Å². The van der Waals surface area contributed by atoms with E-state index in [1.165, 1.54) is 0 Å². The van der Waals surface area contributed by atoms with E-state index in [9.17, 15) is 10.2 Å². The van der Waals surface area contributed by atoms with Crippen molar-refractivity contribution in [1.82, 2.24) is 0 Å². The maximum atomic E-state index is 9.37. The Labute approximate surface area is 99.0 Å². The van der Waals surface area contributed by atoms with Crippen molar-refractivity contribution in [3.05, 3.63) is 0 Å². The van der Waals surface area contributed by atoms with Gasteiger partial charge in [-0.3, -0.25) is 0 Å². The number of aliphatic hydroxyl groups is 5. The Balaban J connectivity index is 4.10. The summed E-state index contributed by atoms with van der Waals surface area (Å²) >= 11 is 5.39. The molecule has 0 saturated carbocycles. The van der Waals surface area contributed by atoms with Crippen LogP contribution in [-0.4, -0.2) is 75.6 Å². The van der Waals surface area contributed by atoms with Crippen molar-refractivity contribution >= 4 is 11.6 Å². The number of hydrogen-bond acceptors (Lipinski definition) is 6. The number of hydrogen-bond donors (Lipinski definition) is 5. The van der Waals surface area contributed by atoms with Crippen LogP contribution in [0.4, 0.5) is 0 Å². The van der Waals surface area contributed by atoms with Crippen LogP contribution in [-0.2, 0) is 4.74 Å². The fourth-order valence-corrected chi connectivity index (χ4v) is 1.20. The van der Waals surface area contributed by atoms with Crippen LogP contribution in [0.15, 0.2) is 0 Å². The van der Waals surface area contributed by atoms with Gasteiger partial charge in [0.15, 0.2) is 0 Å². The number of rotatable bonds is 9. The summed E-state index contributed by atoms with van der Waals surface area (Å²) in [6, 6.07) is 0. The van der Waals surface area contributed by atoms with E-state index in [1.807, 2.05) is 0 Å². The number of alkyl halides is 1. The van der Waals surface area contributed by atoms with Crippen LogP contribution < -0.4 is 0 Å². The minimum Gasteiger partial charge on any atom is -0.394 e. The lowest BCUT2D eigenvalue weighted by Gasteiger charge is -2.24. The molecule has 7 heteroatoms. The molecule has 5 N–H and O–H groups in total. The van der Waals surface area contributed by atoms with Gasteiger partial charge in [0.05, 0.1) is 32.0 Å². The largest absolute Gasteiger partial charge is 0.394 e. The highest BCUT2D eigenvalue weighted by Gasteiger charge is 2.23. The van der Waals surface area contributed by atoms with Gasteiger partial charge in [0.2, 0.25) is 0 Å². The van der Waals surface area contributed by atoms with Gasteiger partial charge in [-0.25, -0.2) is 0 Å². The molecule has 0 heterocycles. The minimum atomic E-state index is -1.16. The van der Waals surface area contributed by atoms with Crippen LogP contribution in [0.5, 0.6) is 0 Å². The summed E-state index contributed by atoms with van der Waals surface area (Å²) < 4.78 is 5.08. The second-order valence-electron chi connectivity index (χ2n) is 3.50. The molecule has 98 valence electrons. The molecule has 0 aliphatic heterocycles. The molecule has 4 unspecified atom stereocenters. The maximum absolute atomic E-state index is 9.37. The van der Waals surface area contributed by atoms with E-state index in [2.05, 4.69) is 0 Å². The Morgan fingerprint density at radius 1 is 1.00 bits per heavy atom. The molecule has 0 radical (unpaired) electrons. The maximum Gasteiger partial charge on any atom is 0.103 e. The van der Waals surface area contributed by atoms with E-state index >= 15 is 0 Å². The van der Waals surface area contributed by atoms with Crippen LogP contribution in [0.2, 0.25) is 0 Å². The third-order valence-corrected chi connectivity index (χ3v) is 2.37. The molecular weight excluding hydrogens is 240 g/mol.